The highest BCUT2D eigenvalue weighted by Crippen LogP contribution is 2.31. The Balaban J connectivity index is 1.18. The maximum Gasteiger partial charge on any atom is 0.401 e. The van der Waals surface area contributed by atoms with Crippen LogP contribution >= 0.6 is 0 Å². The number of halogens is 3. The summed E-state index contributed by atoms with van der Waals surface area (Å²) in [6.07, 6.45) is 2.02. The van der Waals surface area contributed by atoms with E-state index in [1.165, 1.54) is 11.2 Å². The Morgan fingerprint density at radius 3 is 2.52 bits per heavy atom. The Bertz CT molecular complexity index is 1570. The zero-order chi connectivity index (χ0) is 31.3. The number of anilines is 2. The molecule has 5 rings (SSSR count). The summed E-state index contributed by atoms with van der Waals surface area (Å²) in [5, 5.41) is 10.3. The molecule has 1 saturated heterocycles. The van der Waals surface area contributed by atoms with Gasteiger partial charge in [0, 0.05) is 62.1 Å². The SMILES string of the molecule is CNC(=O)c1ccnc2c(C(C)[C@H](C)CNc3cc(-c4ccc(NC5CCN(CC(F)(F)F)CC5)nc4)ncn3)cccc12. The Morgan fingerprint density at radius 1 is 1.02 bits per heavy atom. The standard InChI is InChI=1S/C32H37F3N8O/c1-20(21(2)24-5-4-6-25-26(31(44)36-3)9-12-37-30(24)25)16-38-29-15-27(40-19-41-29)22-7-8-28(39-17-22)42-23-10-13-43(14-11-23)18-32(33,34)35/h4-9,12,15,17,19-21,23H,10-11,13-14,16,18H2,1-3H3,(H,36,44)(H,39,42)(H,38,40,41)/t20-,21?/m1/s1. The fourth-order valence-electron chi connectivity index (χ4n) is 5.59. The third kappa shape index (κ3) is 7.60. The number of carbonyl (C=O) groups is 1. The van der Waals surface area contributed by atoms with Crippen molar-refractivity contribution in [3.63, 3.8) is 0 Å². The van der Waals surface area contributed by atoms with Crippen molar-refractivity contribution in [1.29, 1.82) is 0 Å². The van der Waals surface area contributed by atoms with Gasteiger partial charge in [-0.05, 0) is 48.4 Å². The molecule has 3 N–H and O–H groups in total. The van der Waals surface area contributed by atoms with Gasteiger partial charge in [0.25, 0.3) is 5.91 Å². The number of alkyl halides is 3. The van der Waals surface area contributed by atoms with Gasteiger partial charge in [-0.1, -0.05) is 32.0 Å². The van der Waals surface area contributed by atoms with Gasteiger partial charge in [0.15, 0.2) is 0 Å². The number of carbonyl (C=O) groups excluding carboxylic acids is 1. The monoisotopic (exact) mass is 606 g/mol. The number of piperidine rings is 1. The molecule has 4 aromatic rings. The lowest BCUT2D eigenvalue weighted by molar-refractivity contribution is -0.147. The number of para-hydroxylation sites is 1. The van der Waals surface area contributed by atoms with Crippen molar-refractivity contribution in [2.24, 2.45) is 5.92 Å². The van der Waals surface area contributed by atoms with E-state index in [9.17, 15) is 18.0 Å². The number of fused-ring (bicyclic) bond motifs is 1. The number of hydrogen-bond acceptors (Lipinski definition) is 8. The minimum atomic E-state index is -4.17. The molecule has 232 valence electrons. The van der Waals surface area contributed by atoms with Gasteiger partial charge in [-0.3, -0.25) is 14.7 Å². The number of pyridine rings is 2. The molecule has 2 atom stereocenters. The summed E-state index contributed by atoms with van der Waals surface area (Å²) < 4.78 is 38.0. The van der Waals surface area contributed by atoms with Crippen molar-refractivity contribution in [3.05, 3.63) is 72.3 Å². The predicted molar refractivity (Wildman–Crippen MR) is 166 cm³/mol. The first-order valence-corrected chi connectivity index (χ1v) is 14.8. The first kappa shape index (κ1) is 31.1. The first-order valence-electron chi connectivity index (χ1n) is 14.8. The largest absolute Gasteiger partial charge is 0.401 e. The molecule has 1 aromatic carbocycles. The van der Waals surface area contributed by atoms with E-state index in [-0.39, 0.29) is 23.8 Å². The summed E-state index contributed by atoms with van der Waals surface area (Å²) in [5.41, 5.74) is 4.07. The number of amides is 1. The second kappa shape index (κ2) is 13.5. The zero-order valence-electron chi connectivity index (χ0n) is 25.0. The number of aromatic nitrogens is 4. The van der Waals surface area contributed by atoms with Crippen LogP contribution in [0.2, 0.25) is 0 Å². The van der Waals surface area contributed by atoms with Crippen LogP contribution in [0.1, 0.15) is 48.5 Å². The van der Waals surface area contributed by atoms with Crippen LogP contribution in [0, 0.1) is 5.92 Å². The molecule has 0 aliphatic carbocycles. The topological polar surface area (TPSA) is 108 Å². The maximum absolute atomic E-state index is 12.7. The van der Waals surface area contributed by atoms with Crippen LogP contribution in [0.15, 0.2) is 61.2 Å². The van der Waals surface area contributed by atoms with Gasteiger partial charge in [-0.2, -0.15) is 13.2 Å². The van der Waals surface area contributed by atoms with E-state index in [1.807, 2.05) is 30.3 Å². The second-order valence-electron chi connectivity index (χ2n) is 11.4. The summed E-state index contributed by atoms with van der Waals surface area (Å²) in [4.78, 5) is 31.8. The van der Waals surface area contributed by atoms with E-state index in [2.05, 4.69) is 55.8 Å². The van der Waals surface area contributed by atoms with Crippen molar-refractivity contribution in [1.82, 2.24) is 30.2 Å². The number of hydrogen-bond donors (Lipinski definition) is 3. The third-order valence-electron chi connectivity index (χ3n) is 8.29. The highest BCUT2D eigenvalue weighted by atomic mass is 19.4. The van der Waals surface area contributed by atoms with E-state index in [0.29, 0.717) is 49.7 Å². The zero-order valence-corrected chi connectivity index (χ0v) is 25.0. The summed E-state index contributed by atoms with van der Waals surface area (Å²) in [6, 6.07) is 13.4. The normalized spacial score (nSPS) is 16.0. The van der Waals surface area contributed by atoms with Crippen molar-refractivity contribution in [2.45, 2.75) is 44.8 Å². The van der Waals surface area contributed by atoms with Crippen molar-refractivity contribution in [3.8, 4) is 11.3 Å². The van der Waals surface area contributed by atoms with Gasteiger partial charge in [-0.15, -0.1) is 0 Å². The summed E-state index contributed by atoms with van der Waals surface area (Å²) in [6.45, 7) is 4.93. The van der Waals surface area contributed by atoms with E-state index in [4.69, 9.17) is 0 Å². The minimum absolute atomic E-state index is 0.0830. The number of benzene rings is 1. The lowest BCUT2D eigenvalue weighted by Gasteiger charge is -2.32. The lowest BCUT2D eigenvalue weighted by atomic mass is 9.87. The number of likely N-dealkylation sites (tertiary alicyclic amines) is 1. The molecule has 9 nitrogen and oxygen atoms in total. The minimum Gasteiger partial charge on any atom is -0.370 e. The van der Waals surface area contributed by atoms with E-state index in [0.717, 1.165) is 27.7 Å². The molecule has 1 aliphatic heterocycles. The predicted octanol–water partition coefficient (Wildman–Crippen LogP) is 5.74. The van der Waals surface area contributed by atoms with Crippen LogP contribution < -0.4 is 16.0 Å². The Kier molecular flexibility index (Phi) is 9.58. The van der Waals surface area contributed by atoms with Gasteiger partial charge < -0.3 is 16.0 Å². The van der Waals surface area contributed by atoms with Crippen LogP contribution in [-0.4, -0.2) is 76.2 Å². The first-order chi connectivity index (χ1) is 21.1. The Labute approximate surface area is 254 Å². The smallest absolute Gasteiger partial charge is 0.370 e. The molecule has 12 heteroatoms. The van der Waals surface area contributed by atoms with Crippen LogP contribution in [0.25, 0.3) is 22.2 Å². The molecule has 1 fully saturated rings. The van der Waals surface area contributed by atoms with Crippen molar-refractivity contribution < 1.29 is 18.0 Å². The molecule has 1 unspecified atom stereocenters. The van der Waals surface area contributed by atoms with Gasteiger partial charge in [-0.25, -0.2) is 15.0 Å². The molecule has 0 bridgehead atoms. The lowest BCUT2D eigenvalue weighted by Crippen LogP contribution is -2.43. The average Bonchev–Trinajstić information content (AvgIpc) is 3.03. The number of rotatable bonds is 10. The number of nitrogens with zero attached hydrogens (tertiary/aromatic N) is 5. The second-order valence-corrected chi connectivity index (χ2v) is 11.4. The summed E-state index contributed by atoms with van der Waals surface area (Å²) in [5.74, 6) is 1.61. The van der Waals surface area contributed by atoms with E-state index >= 15 is 0 Å². The van der Waals surface area contributed by atoms with Crippen LogP contribution in [-0.2, 0) is 0 Å². The molecule has 0 radical (unpaired) electrons. The highest BCUT2D eigenvalue weighted by Gasteiger charge is 2.32. The molecular weight excluding hydrogens is 569 g/mol. The van der Waals surface area contributed by atoms with Gasteiger partial charge in [0.2, 0.25) is 0 Å². The van der Waals surface area contributed by atoms with E-state index < -0.39 is 12.7 Å². The number of nitrogens with one attached hydrogen (secondary N) is 3. The summed E-state index contributed by atoms with van der Waals surface area (Å²) in [7, 11) is 1.62. The summed E-state index contributed by atoms with van der Waals surface area (Å²) >= 11 is 0. The van der Waals surface area contributed by atoms with Gasteiger partial charge >= 0.3 is 6.18 Å². The maximum atomic E-state index is 12.7. The molecule has 1 amide bonds. The van der Waals surface area contributed by atoms with Crippen LogP contribution in [0.5, 0.6) is 0 Å². The highest BCUT2D eigenvalue weighted by molar-refractivity contribution is 6.06. The van der Waals surface area contributed by atoms with E-state index in [1.54, 1.807) is 25.5 Å². The molecule has 0 spiro atoms. The van der Waals surface area contributed by atoms with Gasteiger partial charge in [0.05, 0.1) is 23.3 Å². The fourth-order valence-corrected chi connectivity index (χ4v) is 5.59. The molecular formula is C32H37F3N8O. The Hall–Kier alpha value is -4.32. The molecule has 1 aliphatic rings. The molecule has 44 heavy (non-hydrogen) atoms. The third-order valence-corrected chi connectivity index (χ3v) is 8.29. The van der Waals surface area contributed by atoms with Crippen molar-refractivity contribution in [2.75, 3.05) is 43.9 Å². The fraction of sp³-hybridized carbons (Fsp3) is 0.406. The van der Waals surface area contributed by atoms with Crippen LogP contribution in [0.4, 0.5) is 24.8 Å². The van der Waals surface area contributed by atoms with Gasteiger partial charge in [0.1, 0.15) is 18.0 Å². The quantitative estimate of drug-likeness (QED) is 0.210. The average molecular weight is 607 g/mol. The molecule has 3 aromatic heterocycles. The molecule has 4 heterocycles. The Morgan fingerprint density at radius 2 is 1.82 bits per heavy atom. The van der Waals surface area contributed by atoms with Crippen LogP contribution in [0.3, 0.4) is 0 Å². The molecule has 0 saturated carbocycles. The van der Waals surface area contributed by atoms with Crippen molar-refractivity contribution >= 4 is 28.4 Å².